The minimum atomic E-state index is -0.402. The number of nitrogens with zero attached hydrogens (tertiary/aromatic N) is 4. The van der Waals surface area contributed by atoms with Gasteiger partial charge in [0.2, 0.25) is 0 Å². The molecular formula is C18H12FN5O. The maximum absolute atomic E-state index is 13.2. The number of nitrogens with one attached hydrogen (secondary N) is 1. The second-order valence-electron chi connectivity index (χ2n) is 5.36. The predicted molar refractivity (Wildman–Crippen MR) is 90.6 cm³/mol. The first-order valence-corrected chi connectivity index (χ1v) is 7.54. The van der Waals surface area contributed by atoms with E-state index in [4.69, 9.17) is 0 Å². The van der Waals surface area contributed by atoms with Gasteiger partial charge >= 0.3 is 0 Å². The van der Waals surface area contributed by atoms with Crippen LogP contribution in [0.4, 0.5) is 10.1 Å². The standard InChI is InChI=1S/C18H12FN5O/c19-14-3-1-4-15(11-14)21-17(25)13-7-5-12(6-8-13)16-22-23-18-20-9-2-10-24(16)18/h1-11H,(H,21,25). The lowest BCUT2D eigenvalue weighted by Crippen LogP contribution is -2.11. The number of aromatic nitrogens is 4. The van der Waals surface area contributed by atoms with Gasteiger partial charge in [-0.1, -0.05) is 18.2 Å². The number of hydrogen-bond donors (Lipinski definition) is 1. The van der Waals surface area contributed by atoms with E-state index in [1.165, 1.54) is 12.1 Å². The highest BCUT2D eigenvalue weighted by Gasteiger charge is 2.10. The van der Waals surface area contributed by atoms with Crippen LogP contribution >= 0.6 is 0 Å². The summed E-state index contributed by atoms with van der Waals surface area (Å²) in [5, 5.41) is 10.8. The van der Waals surface area contributed by atoms with Gasteiger partial charge in [-0.25, -0.2) is 9.37 Å². The maximum atomic E-state index is 13.2. The molecule has 25 heavy (non-hydrogen) atoms. The molecule has 0 bridgehead atoms. The van der Waals surface area contributed by atoms with E-state index in [-0.39, 0.29) is 5.91 Å². The van der Waals surface area contributed by atoms with Crippen molar-refractivity contribution in [3.05, 3.63) is 78.4 Å². The van der Waals surface area contributed by atoms with E-state index in [2.05, 4.69) is 20.5 Å². The quantitative estimate of drug-likeness (QED) is 0.625. The number of carbonyl (C=O) groups is 1. The number of fused-ring (bicyclic) bond motifs is 1. The van der Waals surface area contributed by atoms with Gasteiger partial charge in [0.1, 0.15) is 5.82 Å². The fourth-order valence-electron chi connectivity index (χ4n) is 2.48. The van der Waals surface area contributed by atoms with E-state index in [1.807, 2.05) is 6.20 Å². The number of rotatable bonds is 3. The first kappa shape index (κ1) is 14.9. The summed E-state index contributed by atoms with van der Waals surface area (Å²) < 4.78 is 15.0. The van der Waals surface area contributed by atoms with Crippen molar-refractivity contribution < 1.29 is 9.18 Å². The van der Waals surface area contributed by atoms with E-state index in [9.17, 15) is 9.18 Å². The molecule has 1 N–H and O–H groups in total. The minimum absolute atomic E-state index is 0.315. The maximum Gasteiger partial charge on any atom is 0.255 e. The highest BCUT2D eigenvalue weighted by molar-refractivity contribution is 6.04. The Labute approximate surface area is 142 Å². The molecule has 2 heterocycles. The molecular weight excluding hydrogens is 321 g/mol. The molecule has 4 aromatic rings. The highest BCUT2D eigenvalue weighted by atomic mass is 19.1. The van der Waals surface area contributed by atoms with Crippen molar-refractivity contribution in [1.82, 2.24) is 19.6 Å². The van der Waals surface area contributed by atoms with Crippen LogP contribution in [0.5, 0.6) is 0 Å². The first-order chi connectivity index (χ1) is 12.2. The Hall–Kier alpha value is -3.61. The number of benzene rings is 2. The number of amides is 1. The average Bonchev–Trinajstić information content (AvgIpc) is 3.06. The molecule has 0 saturated carbocycles. The molecule has 0 spiro atoms. The summed E-state index contributed by atoms with van der Waals surface area (Å²) in [7, 11) is 0. The third-order valence-corrected chi connectivity index (χ3v) is 3.68. The fraction of sp³-hybridized carbons (Fsp3) is 0. The summed E-state index contributed by atoms with van der Waals surface area (Å²) >= 11 is 0. The van der Waals surface area contributed by atoms with Gasteiger partial charge in [-0.15, -0.1) is 10.2 Å². The number of anilines is 1. The summed E-state index contributed by atoms with van der Waals surface area (Å²) in [5.41, 5.74) is 1.67. The minimum Gasteiger partial charge on any atom is -0.322 e. The lowest BCUT2D eigenvalue weighted by molar-refractivity contribution is 0.102. The van der Waals surface area contributed by atoms with Crippen LogP contribution in [0.25, 0.3) is 17.2 Å². The molecule has 2 aromatic carbocycles. The molecule has 0 unspecified atom stereocenters. The van der Waals surface area contributed by atoms with Crippen molar-refractivity contribution in [2.24, 2.45) is 0 Å². The molecule has 122 valence electrons. The van der Waals surface area contributed by atoms with Crippen molar-refractivity contribution in [2.45, 2.75) is 0 Å². The zero-order chi connectivity index (χ0) is 17.2. The molecule has 2 aromatic heterocycles. The molecule has 6 nitrogen and oxygen atoms in total. The van der Waals surface area contributed by atoms with Crippen LogP contribution < -0.4 is 5.32 Å². The topological polar surface area (TPSA) is 72.2 Å². The van der Waals surface area contributed by atoms with Gasteiger partial charge in [-0.05, 0) is 36.4 Å². The van der Waals surface area contributed by atoms with Gasteiger partial charge in [0.25, 0.3) is 11.7 Å². The molecule has 0 aliphatic heterocycles. The van der Waals surface area contributed by atoms with Gasteiger partial charge in [0.15, 0.2) is 5.82 Å². The van der Waals surface area contributed by atoms with E-state index >= 15 is 0 Å². The van der Waals surface area contributed by atoms with E-state index in [0.717, 1.165) is 5.56 Å². The number of halogens is 1. The van der Waals surface area contributed by atoms with E-state index < -0.39 is 5.82 Å². The molecule has 0 fully saturated rings. The average molecular weight is 333 g/mol. The molecule has 0 atom stereocenters. The Balaban J connectivity index is 1.58. The van der Waals surface area contributed by atoms with Crippen LogP contribution in [-0.2, 0) is 0 Å². The van der Waals surface area contributed by atoms with Gasteiger partial charge in [-0.2, -0.15) is 0 Å². The summed E-state index contributed by atoms with van der Waals surface area (Å²) in [6.07, 6.45) is 3.47. The van der Waals surface area contributed by atoms with Gasteiger partial charge in [-0.3, -0.25) is 9.20 Å². The third-order valence-electron chi connectivity index (χ3n) is 3.68. The Kier molecular flexibility index (Phi) is 3.66. The van der Waals surface area contributed by atoms with E-state index in [1.54, 1.807) is 53.1 Å². The lowest BCUT2D eigenvalue weighted by Gasteiger charge is -2.06. The Bertz CT molecular complexity index is 1060. The molecule has 0 aliphatic rings. The summed E-state index contributed by atoms with van der Waals surface area (Å²) in [5.74, 6) is 0.427. The first-order valence-electron chi connectivity index (χ1n) is 7.54. The highest BCUT2D eigenvalue weighted by Crippen LogP contribution is 2.19. The zero-order valence-electron chi connectivity index (χ0n) is 12.9. The number of hydrogen-bond acceptors (Lipinski definition) is 4. The molecule has 7 heteroatoms. The van der Waals surface area contributed by atoms with Crippen molar-refractivity contribution in [1.29, 1.82) is 0 Å². The fourth-order valence-corrected chi connectivity index (χ4v) is 2.48. The van der Waals surface area contributed by atoms with Crippen LogP contribution in [0.2, 0.25) is 0 Å². The molecule has 0 aliphatic carbocycles. The Morgan fingerprint density at radius 3 is 2.68 bits per heavy atom. The predicted octanol–water partition coefficient (Wildman–Crippen LogP) is 3.18. The normalized spacial score (nSPS) is 10.8. The second kappa shape index (κ2) is 6.12. The van der Waals surface area contributed by atoms with E-state index in [0.29, 0.717) is 22.9 Å². The van der Waals surface area contributed by atoms with Crippen molar-refractivity contribution in [3.8, 4) is 11.4 Å². The summed E-state index contributed by atoms with van der Waals surface area (Å²) in [6.45, 7) is 0. The SMILES string of the molecule is O=C(Nc1cccc(F)c1)c1ccc(-c2nnc3ncccn23)cc1. The molecule has 0 radical (unpaired) electrons. The van der Waals surface area contributed by atoms with Crippen molar-refractivity contribution in [3.63, 3.8) is 0 Å². The van der Waals surface area contributed by atoms with Gasteiger partial charge < -0.3 is 5.32 Å². The van der Waals surface area contributed by atoms with Crippen LogP contribution in [0.15, 0.2) is 67.0 Å². The van der Waals surface area contributed by atoms with Crippen LogP contribution in [-0.4, -0.2) is 25.5 Å². The summed E-state index contributed by atoms with van der Waals surface area (Å²) in [4.78, 5) is 16.4. The monoisotopic (exact) mass is 333 g/mol. The van der Waals surface area contributed by atoms with Crippen molar-refractivity contribution >= 4 is 17.4 Å². The van der Waals surface area contributed by atoms with Crippen LogP contribution in [0.1, 0.15) is 10.4 Å². The molecule has 4 rings (SSSR count). The Morgan fingerprint density at radius 1 is 1.04 bits per heavy atom. The molecule has 0 saturated heterocycles. The third kappa shape index (κ3) is 2.94. The Morgan fingerprint density at radius 2 is 1.88 bits per heavy atom. The number of carbonyl (C=O) groups excluding carboxylic acids is 1. The van der Waals surface area contributed by atoms with Crippen LogP contribution in [0, 0.1) is 5.82 Å². The lowest BCUT2D eigenvalue weighted by atomic mass is 10.1. The summed E-state index contributed by atoms with van der Waals surface area (Å²) in [6, 6.07) is 14.5. The van der Waals surface area contributed by atoms with Gasteiger partial charge in [0.05, 0.1) is 0 Å². The van der Waals surface area contributed by atoms with Gasteiger partial charge in [0, 0.05) is 29.2 Å². The van der Waals surface area contributed by atoms with Crippen molar-refractivity contribution in [2.75, 3.05) is 5.32 Å². The van der Waals surface area contributed by atoms with Crippen LogP contribution in [0.3, 0.4) is 0 Å². The zero-order valence-corrected chi connectivity index (χ0v) is 12.9. The smallest absolute Gasteiger partial charge is 0.255 e. The largest absolute Gasteiger partial charge is 0.322 e. The second-order valence-corrected chi connectivity index (χ2v) is 5.36. The molecule has 1 amide bonds.